The maximum atomic E-state index is 11.1. The molecule has 84 valence electrons. The van der Waals surface area contributed by atoms with Crippen LogP contribution in [0, 0.1) is 0 Å². The molecule has 0 aliphatic heterocycles. The van der Waals surface area contributed by atoms with E-state index in [1.165, 1.54) is 6.92 Å². The Hall–Kier alpha value is -1.62. The van der Waals surface area contributed by atoms with Gasteiger partial charge in [-0.15, -0.1) is 0 Å². The molecule has 0 aliphatic rings. The molecule has 0 saturated carbocycles. The standard InChI is InChI=1S/C10H15NO4/c1-5-11-6-14-10(13)8(4)15-9(12)7(2)3/h11H,2,4-6H2,1,3H3. The lowest BCUT2D eigenvalue weighted by Gasteiger charge is -2.07. The van der Waals surface area contributed by atoms with Crippen molar-refractivity contribution in [1.82, 2.24) is 5.32 Å². The summed E-state index contributed by atoms with van der Waals surface area (Å²) in [5.41, 5.74) is 0.190. The lowest BCUT2D eigenvalue weighted by molar-refractivity contribution is -0.149. The largest absolute Gasteiger partial charge is 0.444 e. The molecule has 1 N–H and O–H groups in total. The molecule has 0 aromatic rings. The van der Waals surface area contributed by atoms with Gasteiger partial charge in [0, 0.05) is 5.57 Å². The maximum Gasteiger partial charge on any atom is 0.375 e. The van der Waals surface area contributed by atoms with Crippen LogP contribution in [0.15, 0.2) is 24.5 Å². The average molecular weight is 213 g/mol. The van der Waals surface area contributed by atoms with E-state index in [9.17, 15) is 9.59 Å². The first-order chi connectivity index (χ1) is 6.99. The molecule has 0 aliphatic carbocycles. The van der Waals surface area contributed by atoms with Crippen LogP contribution in [0.4, 0.5) is 0 Å². The first-order valence-corrected chi connectivity index (χ1v) is 4.43. The number of rotatable bonds is 6. The Balaban J connectivity index is 3.94. The van der Waals surface area contributed by atoms with Gasteiger partial charge < -0.3 is 9.47 Å². The van der Waals surface area contributed by atoms with Crippen LogP contribution in [0.2, 0.25) is 0 Å². The second-order valence-corrected chi connectivity index (χ2v) is 2.77. The molecule has 5 heteroatoms. The highest BCUT2D eigenvalue weighted by molar-refractivity contribution is 5.93. The number of ether oxygens (including phenoxy) is 2. The van der Waals surface area contributed by atoms with Crippen LogP contribution in [0.1, 0.15) is 13.8 Å². The molecule has 0 saturated heterocycles. The van der Waals surface area contributed by atoms with Gasteiger partial charge in [-0.2, -0.15) is 0 Å². The molecule has 0 aromatic carbocycles. The molecule has 0 bridgehead atoms. The zero-order chi connectivity index (χ0) is 11.8. The minimum Gasteiger partial charge on any atom is -0.444 e. The van der Waals surface area contributed by atoms with Crippen molar-refractivity contribution in [3.05, 3.63) is 24.5 Å². The molecule has 0 atom stereocenters. The Kier molecular flexibility index (Phi) is 6.05. The van der Waals surface area contributed by atoms with Gasteiger partial charge in [-0.1, -0.05) is 13.5 Å². The Morgan fingerprint density at radius 2 is 1.87 bits per heavy atom. The minimum atomic E-state index is -0.773. The first-order valence-electron chi connectivity index (χ1n) is 4.43. The smallest absolute Gasteiger partial charge is 0.375 e. The van der Waals surface area contributed by atoms with Crippen LogP contribution < -0.4 is 5.32 Å². The normalized spacial score (nSPS) is 9.20. The van der Waals surface area contributed by atoms with E-state index in [0.29, 0.717) is 6.54 Å². The Morgan fingerprint density at radius 1 is 1.27 bits per heavy atom. The third kappa shape index (κ3) is 5.64. The number of hydrogen-bond acceptors (Lipinski definition) is 5. The Bertz CT molecular complexity index is 283. The molecule has 5 nitrogen and oxygen atoms in total. The fourth-order valence-corrected chi connectivity index (χ4v) is 0.540. The van der Waals surface area contributed by atoms with E-state index in [4.69, 9.17) is 0 Å². The summed E-state index contributed by atoms with van der Waals surface area (Å²) in [5, 5.41) is 2.77. The van der Waals surface area contributed by atoms with Crippen molar-refractivity contribution < 1.29 is 19.1 Å². The fraction of sp³-hybridized carbons (Fsp3) is 0.400. The van der Waals surface area contributed by atoms with E-state index in [1.54, 1.807) is 0 Å². The average Bonchev–Trinajstić information content (AvgIpc) is 2.17. The summed E-state index contributed by atoms with van der Waals surface area (Å²) in [5.74, 6) is -1.81. The number of carbonyl (C=O) groups is 2. The molecule has 0 rings (SSSR count). The molecule has 0 spiro atoms. The van der Waals surface area contributed by atoms with Crippen molar-refractivity contribution in [1.29, 1.82) is 0 Å². The maximum absolute atomic E-state index is 11.1. The van der Waals surface area contributed by atoms with Crippen molar-refractivity contribution in [3.63, 3.8) is 0 Å². The van der Waals surface area contributed by atoms with Gasteiger partial charge in [-0.3, -0.25) is 5.32 Å². The molecule has 15 heavy (non-hydrogen) atoms. The van der Waals surface area contributed by atoms with Crippen molar-refractivity contribution in [3.8, 4) is 0 Å². The van der Waals surface area contributed by atoms with Gasteiger partial charge in [0.2, 0.25) is 5.76 Å². The van der Waals surface area contributed by atoms with Gasteiger partial charge in [0.15, 0.2) is 0 Å². The number of nitrogens with one attached hydrogen (secondary N) is 1. The first kappa shape index (κ1) is 13.4. The second-order valence-electron chi connectivity index (χ2n) is 2.77. The molecule has 0 aromatic heterocycles. The van der Waals surface area contributed by atoms with Gasteiger partial charge in [0.05, 0.1) is 0 Å². The van der Waals surface area contributed by atoms with E-state index in [2.05, 4.69) is 27.9 Å². The summed E-state index contributed by atoms with van der Waals surface area (Å²) in [6.45, 7) is 10.7. The Labute approximate surface area is 88.7 Å². The highest BCUT2D eigenvalue weighted by Gasteiger charge is 2.14. The number of hydrogen-bond donors (Lipinski definition) is 1. The highest BCUT2D eigenvalue weighted by Crippen LogP contribution is 2.01. The summed E-state index contributed by atoms with van der Waals surface area (Å²) in [7, 11) is 0. The van der Waals surface area contributed by atoms with E-state index in [-0.39, 0.29) is 18.1 Å². The fourth-order valence-electron chi connectivity index (χ4n) is 0.540. The molecule has 0 unspecified atom stereocenters. The molecule has 0 heterocycles. The second kappa shape index (κ2) is 6.78. The third-order valence-corrected chi connectivity index (χ3v) is 1.35. The predicted octanol–water partition coefficient (Wildman–Crippen LogP) is 0.730. The highest BCUT2D eigenvalue weighted by atomic mass is 16.6. The van der Waals surface area contributed by atoms with Crippen LogP contribution in [-0.4, -0.2) is 25.2 Å². The summed E-state index contributed by atoms with van der Waals surface area (Å²) in [6, 6.07) is 0. The van der Waals surface area contributed by atoms with Gasteiger partial charge >= 0.3 is 11.9 Å². The van der Waals surface area contributed by atoms with Gasteiger partial charge in [-0.25, -0.2) is 9.59 Å². The quantitative estimate of drug-likeness (QED) is 0.232. The Morgan fingerprint density at radius 3 is 2.33 bits per heavy atom. The number of esters is 2. The van der Waals surface area contributed by atoms with E-state index >= 15 is 0 Å². The lowest BCUT2D eigenvalue weighted by Crippen LogP contribution is -2.22. The monoisotopic (exact) mass is 213 g/mol. The third-order valence-electron chi connectivity index (χ3n) is 1.35. The molecule has 0 amide bonds. The van der Waals surface area contributed by atoms with Crippen molar-refractivity contribution >= 4 is 11.9 Å². The molecular formula is C10H15NO4. The molecular weight excluding hydrogens is 198 g/mol. The zero-order valence-electron chi connectivity index (χ0n) is 8.96. The van der Waals surface area contributed by atoms with E-state index in [0.717, 1.165) is 0 Å². The zero-order valence-corrected chi connectivity index (χ0v) is 8.96. The lowest BCUT2D eigenvalue weighted by atomic mass is 10.4. The SMILES string of the molecule is C=C(C)C(=O)OC(=C)C(=O)OCNCC. The van der Waals surface area contributed by atoms with E-state index in [1.807, 2.05) is 6.92 Å². The van der Waals surface area contributed by atoms with Crippen LogP contribution >= 0.6 is 0 Å². The summed E-state index contributed by atoms with van der Waals surface area (Å²) >= 11 is 0. The van der Waals surface area contributed by atoms with Crippen molar-refractivity contribution in [2.45, 2.75) is 13.8 Å². The molecule has 0 radical (unpaired) electrons. The van der Waals surface area contributed by atoms with E-state index < -0.39 is 11.9 Å². The summed E-state index contributed by atoms with van der Waals surface area (Å²) < 4.78 is 9.24. The van der Waals surface area contributed by atoms with Gasteiger partial charge in [0.1, 0.15) is 6.73 Å². The number of carbonyl (C=O) groups excluding carboxylic acids is 2. The van der Waals surface area contributed by atoms with Gasteiger partial charge in [-0.05, 0) is 20.0 Å². The van der Waals surface area contributed by atoms with Gasteiger partial charge in [0.25, 0.3) is 0 Å². The predicted molar refractivity (Wildman–Crippen MR) is 54.7 cm³/mol. The van der Waals surface area contributed by atoms with Crippen LogP contribution in [0.5, 0.6) is 0 Å². The van der Waals surface area contributed by atoms with Crippen LogP contribution in [0.25, 0.3) is 0 Å². The summed E-state index contributed by atoms with van der Waals surface area (Å²) in [4.78, 5) is 22.1. The topological polar surface area (TPSA) is 64.6 Å². The minimum absolute atomic E-state index is 0.0545. The van der Waals surface area contributed by atoms with Crippen molar-refractivity contribution in [2.75, 3.05) is 13.3 Å². The summed E-state index contributed by atoms with van der Waals surface area (Å²) in [6.07, 6.45) is 0. The van der Waals surface area contributed by atoms with Crippen LogP contribution in [-0.2, 0) is 19.1 Å². The van der Waals surface area contributed by atoms with Crippen molar-refractivity contribution in [2.24, 2.45) is 0 Å². The van der Waals surface area contributed by atoms with Crippen LogP contribution in [0.3, 0.4) is 0 Å². The molecule has 0 fully saturated rings.